The van der Waals surface area contributed by atoms with Gasteiger partial charge in [-0.3, -0.25) is 0 Å². The molecule has 8 heteroatoms. The lowest BCUT2D eigenvalue weighted by molar-refractivity contribution is 0.168. The monoisotopic (exact) mass is 463 g/mol. The molecule has 0 fully saturated rings. The van der Waals surface area contributed by atoms with Crippen LogP contribution in [0.3, 0.4) is 0 Å². The highest BCUT2D eigenvalue weighted by atomic mass is 32.2. The minimum Gasteiger partial charge on any atom is -0.464 e. The topological polar surface area (TPSA) is 83.9 Å². The zero-order chi connectivity index (χ0) is 23.3. The summed E-state index contributed by atoms with van der Waals surface area (Å²) in [4.78, 5) is 11.9. The zero-order valence-electron chi connectivity index (χ0n) is 18.9. The molecule has 31 heavy (non-hydrogen) atoms. The largest absolute Gasteiger partial charge is 0.464 e. The van der Waals surface area contributed by atoms with Crippen LogP contribution in [0.5, 0.6) is 0 Å². The Labute approximate surface area is 187 Å². The number of nitrogens with zero attached hydrogens (tertiary/aromatic N) is 1. The lowest BCUT2D eigenvalue weighted by Gasteiger charge is -2.36. The normalized spacial score (nSPS) is 13.6. The van der Waals surface area contributed by atoms with Gasteiger partial charge in [0.15, 0.2) is 8.32 Å². The van der Waals surface area contributed by atoms with Crippen LogP contribution in [-0.4, -0.2) is 45.4 Å². The fraction of sp³-hybridized carbons (Fsp3) is 0.435. The van der Waals surface area contributed by atoms with E-state index in [2.05, 4.69) is 33.9 Å². The Morgan fingerprint density at radius 1 is 1.03 bits per heavy atom. The van der Waals surface area contributed by atoms with E-state index in [-0.39, 0.29) is 22.4 Å². The molecule has 0 aliphatic rings. The number of carbonyl (C=O) groups is 1. The molecule has 0 saturated carbocycles. The first-order valence-electron chi connectivity index (χ1n) is 10.4. The fourth-order valence-corrected chi connectivity index (χ4v) is 5.36. The first kappa shape index (κ1) is 25.1. The molecule has 0 spiro atoms. The highest BCUT2D eigenvalue weighted by Crippen LogP contribution is 2.37. The van der Waals surface area contributed by atoms with Crippen LogP contribution in [-0.2, 0) is 14.4 Å². The second-order valence-electron chi connectivity index (χ2n) is 9.14. The molecule has 0 radical (unpaired) electrons. The van der Waals surface area contributed by atoms with E-state index in [1.165, 1.54) is 12.1 Å². The maximum absolute atomic E-state index is 13.0. The second-order valence-corrected chi connectivity index (χ2v) is 15.8. The van der Waals surface area contributed by atoms with Crippen molar-refractivity contribution < 1.29 is 22.7 Å². The van der Waals surface area contributed by atoms with E-state index in [9.17, 15) is 18.3 Å². The minimum atomic E-state index is -4.18. The summed E-state index contributed by atoms with van der Waals surface area (Å²) in [7, 11) is -6.15. The van der Waals surface area contributed by atoms with Crippen molar-refractivity contribution in [3.8, 4) is 0 Å². The first-order chi connectivity index (χ1) is 14.4. The van der Waals surface area contributed by atoms with Crippen LogP contribution in [0, 0.1) is 0 Å². The van der Waals surface area contributed by atoms with Crippen molar-refractivity contribution in [2.75, 3.05) is 13.2 Å². The number of rotatable bonds is 9. The third-order valence-electron chi connectivity index (χ3n) is 5.94. The number of hydrogen-bond donors (Lipinski definition) is 1. The fourth-order valence-electron chi connectivity index (χ4n) is 2.96. The number of amides is 1. The van der Waals surface area contributed by atoms with Gasteiger partial charge in [-0.25, -0.2) is 13.2 Å². The molecule has 0 bridgehead atoms. The Bertz CT molecular complexity index is 956. The molecule has 2 rings (SSSR count). The van der Waals surface area contributed by atoms with E-state index in [4.69, 9.17) is 4.43 Å². The van der Waals surface area contributed by atoms with Crippen LogP contribution in [0.25, 0.3) is 0 Å². The van der Waals surface area contributed by atoms with Crippen molar-refractivity contribution in [3.05, 3.63) is 66.2 Å². The second kappa shape index (κ2) is 9.97. The van der Waals surface area contributed by atoms with E-state index in [1.807, 2.05) is 30.3 Å². The summed E-state index contributed by atoms with van der Waals surface area (Å²) >= 11 is 0. The van der Waals surface area contributed by atoms with Gasteiger partial charge in [0.25, 0.3) is 10.0 Å². The third-order valence-corrected chi connectivity index (χ3v) is 12.2. The molecule has 1 N–H and O–H groups in total. The quantitative estimate of drug-likeness (QED) is 0.493. The maximum atomic E-state index is 13.0. The lowest BCUT2D eigenvalue weighted by Crippen LogP contribution is -2.42. The van der Waals surface area contributed by atoms with Gasteiger partial charge in [-0.05, 0) is 42.2 Å². The van der Waals surface area contributed by atoms with Gasteiger partial charge in [-0.2, -0.15) is 4.31 Å². The third kappa shape index (κ3) is 6.41. The maximum Gasteiger partial charge on any atom is 0.421 e. The van der Waals surface area contributed by atoms with Crippen molar-refractivity contribution in [1.29, 1.82) is 0 Å². The van der Waals surface area contributed by atoms with E-state index in [0.717, 1.165) is 5.56 Å². The van der Waals surface area contributed by atoms with E-state index < -0.39 is 24.4 Å². The van der Waals surface area contributed by atoms with Crippen LogP contribution in [0.1, 0.15) is 38.7 Å². The predicted molar refractivity (Wildman–Crippen MR) is 125 cm³/mol. The highest BCUT2D eigenvalue weighted by molar-refractivity contribution is 7.89. The van der Waals surface area contributed by atoms with Crippen molar-refractivity contribution in [2.45, 2.75) is 56.1 Å². The summed E-state index contributed by atoms with van der Waals surface area (Å²) in [6.07, 6.45) is -0.972. The summed E-state index contributed by atoms with van der Waals surface area (Å²) in [5.41, 5.74) is 0.885. The number of carboxylic acid groups (broad SMARTS) is 1. The SMILES string of the molecule is CC(C)(C)[Si](C)(C)OCCC(CN(C(=O)O)S(=O)(=O)c1ccccc1)c1ccccc1. The molecule has 1 atom stereocenters. The Morgan fingerprint density at radius 2 is 1.55 bits per heavy atom. The molecule has 0 aliphatic heterocycles. The highest BCUT2D eigenvalue weighted by Gasteiger charge is 2.37. The van der Waals surface area contributed by atoms with Gasteiger partial charge in [0.05, 0.1) is 4.90 Å². The molecule has 0 aliphatic carbocycles. The number of hydrogen-bond acceptors (Lipinski definition) is 4. The molecule has 2 aromatic rings. The van der Waals surface area contributed by atoms with Crippen molar-refractivity contribution in [3.63, 3.8) is 0 Å². The average Bonchev–Trinajstić information content (AvgIpc) is 2.70. The van der Waals surface area contributed by atoms with Crippen molar-refractivity contribution in [1.82, 2.24) is 4.31 Å². The Balaban J connectivity index is 2.28. The zero-order valence-corrected chi connectivity index (χ0v) is 20.7. The van der Waals surface area contributed by atoms with Gasteiger partial charge < -0.3 is 9.53 Å². The van der Waals surface area contributed by atoms with Gasteiger partial charge in [-0.1, -0.05) is 69.3 Å². The molecule has 170 valence electrons. The summed E-state index contributed by atoms with van der Waals surface area (Å²) in [6.45, 7) is 11.1. The number of benzene rings is 2. The summed E-state index contributed by atoms with van der Waals surface area (Å²) in [6, 6.07) is 17.1. The standard InChI is InChI=1S/C23H33NO5SSi/c1-23(2,3)31(4,5)29-17-16-20(19-12-8-6-9-13-19)18-24(22(25)26)30(27,28)21-14-10-7-11-15-21/h6-15,20H,16-18H2,1-5H3,(H,25,26). The van der Waals surface area contributed by atoms with Gasteiger partial charge >= 0.3 is 6.09 Å². The van der Waals surface area contributed by atoms with Gasteiger partial charge in [0.1, 0.15) is 0 Å². The Morgan fingerprint density at radius 3 is 2.03 bits per heavy atom. The van der Waals surface area contributed by atoms with Gasteiger partial charge in [-0.15, -0.1) is 0 Å². The van der Waals surface area contributed by atoms with Gasteiger partial charge in [0.2, 0.25) is 0 Å². The number of sulfonamides is 1. The molecule has 0 heterocycles. The van der Waals surface area contributed by atoms with E-state index in [0.29, 0.717) is 17.3 Å². The summed E-state index contributed by atoms with van der Waals surface area (Å²) < 4.78 is 32.9. The summed E-state index contributed by atoms with van der Waals surface area (Å²) in [5, 5.41) is 9.80. The predicted octanol–water partition coefficient (Wildman–Crippen LogP) is 5.55. The first-order valence-corrected chi connectivity index (χ1v) is 14.7. The minimum absolute atomic E-state index is 0.0401. The Hall–Kier alpha value is -2.16. The van der Waals surface area contributed by atoms with Crippen LogP contribution >= 0.6 is 0 Å². The molecule has 0 aromatic heterocycles. The molecular weight excluding hydrogens is 430 g/mol. The van der Waals surface area contributed by atoms with Gasteiger partial charge in [0, 0.05) is 19.1 Å². The average molecular weight is 464 g/mol. The van der Waals surface area contributed by atoms with Crippen molar-refractivity contribution >= 4 is 24.4 Å². The van der Waals surface area contributed by atoms with Crippen LogP contribution in [0.4, 0.5) is 4.79 Å². The molecule has 1 amide bonds. The molecular formula is C23H33NO5SSi. The molecule has 1 unspecified atom stereocenters. The smallest absolute Gasteiger partial charge is 0.421 e. The molecule has 6 nitrogen and oxygen atoms in total. The van der Waals surface area contributed by atoms with E-state index in [1.54, 1.807) is 18.2 Å². The van der Waals surface area contributed by atoms with Crippen LogP contribution in [0.2, 0.25) is 18.1 Å². The summed E-state index contributed by atoms with van der Waals surface area (Å²) in [5.74, 6) is -0.319. The van der Waals surface area contributed by atoms with Crippen molar-refractivity contribution in [2.24, 2.45) is 0 Å². The Kier molecular flexibility index (Phi) is 8.07. The molecule has 2 aromatic carbocycles. The lowest BCUT2D eigenvalue weighted by atomic mass is 9.96. The van der Waals surface area contributed by atoms with E-state index >= 15 is 0 Å². The molecule has 0 saturated heterocycles. The van der Waals surface area contributed by atoms with Crippen LogP contribution in [0.15, 0.2) is 65.6 Å². The van der Waals surface area contributed by atoms with Crippen LogP contribution < -0.4 is 0 Å².